The van der Waals surface area contributed by atoms with Gasteiger partial charge in [-0.3, -0.25) is 0 Å². The number of nitrogens with two attached hydrogens (primary N) is 1. The number of aliphatic hydroxyl groups excluding tert-OH is 4. The van der Waals surface area contributed by atoms with Crippen molar-refractivity contribution in [1.82, 2.24) is 0 Å². The van der Waals surface area contributed by atoms with Crippen LogP contribution in [0.1, 0.15) is 6.42 Å². The summed E-state index contributed by atoms with van der Waals surface area (Å²) in [4.78, 5) is 0. The Labute approximate surface area is 70.4 Å². The summed E-state index contributed by atoms with van der Waals surface area (Å²) in [5.74, 6) is -0.432. The van der Waals surface area contributed by atoms with Crippen LogP contribution in [0.3, 0.4) is 0 Å². The van der Waals surface area contributed by atoms with Gasteiger partial charge >= 0.3 is 0 Å². The van der Waals surface area contributed by atoms with Crippen LogP contribution in [-0.4, -0.2) is 51.4 Å². The summed E-state index contributed by atoms with van der Waals surface area (Å²) in [5.41, 5.74) is 5.46. The van der Waals surface area contributed by atoms with Crippen molar-refractivity contribution in [2.45, 2.75) is 30.8 Å². The highest BCUT2D eigenvalue weighted by atomic mass is 16.4. The van der Waals surface area contributed by atoms with Crippen LogP contribution in [0, 0.1) is 5.92 Å². The van der Waals surface area contributed by atoms with Crippen LogP contribution >= 0.6 is 0 Å². The average Bonchev–Trinajstić information content (AvgIpc) is 2.08. The second kappa shape index (κ2) is 3.68. The summed E-state index contributed by atoms with van der Waals surface area (Å²) < 4.78 is 0. The van der Waals surface area contributed by atoms with Crippen molar-refractivity contribution in [3.63, 3.8) is 0 Å². The van der Waals surface area contributed by atoms with Crippen LogP contribution in [0.5, 0.6) is 0 Å². The van der Waals surface area contributed by atoms with E-state index in [-0.39, 0.29) is 6.61 Å². The molecule has 1 fully saturated rings. The zero-order valence-corrected chi connectivity index (χ0v) is 6.67. The largest absolute Gasteiger partial charge is 0.396 e. The molecule has 0 aliphatic heterocycles. The lowest BCUT2D eigenvalue weighted by Crippen LogP contribution is -2.57. The Bertz CT molecular complexity index is 150. The van der Waals surface area contributed by atoms with Crippen LogP contribution in [0.25, 0.3) is 0 Å². The normalized spacial score (nSPS) is 49.2. The molecule has 12 heavy (non-hydrogen) atoms. The Hall–Kier alpha value is -0.200. The molecule has 0 amide bonds. The van der Waals surface area contributed by atoms with Crippen molar-refractivity contribution < 1.29 is 20.4 Å². The molecule has 0 heterocycles. The van der Waals surface area contributed by atoms with E-state index in [4.69, 9.17) is 10.8 Å². The number of aliphatic hydroxyl groups is 4. The first-order chi connectivity index (χ1) is 5.57. The van der Waals surface area contributed by atoms with Gasteiger partial charge in [0.25, 0.3) is 0 Å². The molecule has 72 valence electrons. The van der Waals surface area contributed by atoms with E-state index >= 15 is 0 Å². The molecule has 0 aromatic carbocycles. The van der Waals surface area contributed by atoms with Gasteiger partial charge in [0.05, 0.1) is 12.2 Å². The standard InChI is InChI=1S/C7H15NO4/c8-4-1-3(2-9)5(10)7(12)6(4)11/h3-7,9-12H,1-2,8H2/t3-,4+,5+,6+,7+/m0/s1. The highest BCUT2D eigenvalue weighted by Crippen LogP contribution is 2.24. The van der Waals surface area contributed by atoms with Crippen molar-refractivity contribution in [3.8, 4) is 0 Å². The van der Waals surface area contributed by atoms with Gasteiger partial charge < -0.3 is 26.2 Å². The Kier molecular flexibility index (Phi) is 3.03. The van der Waals surface area contributed by atoms with Crippen LogP contribution in [0.2, 0.25) is 0 Å². The zero-order valence-electron chi connectivity index (χ0n) is 6.67. The van der Waals surface area contributed by atoms with Crippen molar-refractivity contribution >= 4 is 0 Å². The first-order valence-corrected chi connectivity index (χ1v) is 3.98. The van der Waals surface area contributed by atoms with Gasteiger partial charge in [0, 0.05) is 18.6 Å². The minimum absolute atomic E-state index is 0.224. The molecule has 0 aromatic heterocycles. The van der Waals surface area contributed by atoms with Gasteiger partial charge in [-0.25, -0.2) is 0 Å². The molecule has 5 nitrogen and oxygen atoms in total. The molecule has 1 rings (SSSR count). The Balaban J connectivity index is 2.63. The third-order valence-corrected chi connectivity index (χ3v) is 2.43. The molecule has 1 saturated carbocycles. The van der Waals surface area contributed by atoms with Gasteiger partial charge in [-0.05, 0) is 6.42 Å². The van der Waals surface area contributed by atoms with Crippen LogP contribution in [0.15, 0.2) is 0 Å². The molecule has 0 bridgehead atoms. The summed E-state index contributed by atoms with van der Waals surface area (Å²) >= 11 is 0. The van der Waals surface area contributed by atoms with Gasteiger partial charge in [0.2, 0.25) is 0 Å². The van der Waals surface area contributed by atoms with Crippen molar-refractivity contribution in [3.05, 3.63) is 0 Å². The fourth-order valence-electron chi connectivity index (χ4n) is 1.55. The summed E-state index contributed by atoms with van der Waals surface area (Å²) in [7, 11) is 0. The van der Waals surface area contributed by atoms with Gasteiger partial charge in [0.1, 0.15) is 6.10 Å². The maximum absolute atomic E-state index is 9.30. The van der Waals surface area contributed by atoms with Gasteiger partial charge in [0.15, 0.2) is 0 Å². The molecular weight excluding hydrogens is 162 g/mol. The number of hydrogen-bond donors (Lipinski definition) is 5. The van der Waals surface area contributed by atoms with E-state index in [1.54, 1.807) is 0 Å². The molecule has 5 atom stereocenters. The Morgan fingerprint density at radius 2 is 1.67 bits per heavy atom. The molecule has 6 N–H and O–H groups in total. The highest BCUT2D eigenvalue weighted by Gasteiger charge is 2.40. The predicted molar refractivity (Wildman–Crippen MR) is 41.2 cm³/mol. The Morgan fingerprint density at radius 1 is 1.08 bits per heavy atom. The second-order valence-corrected chi connectivity index (χ2v) is 3.31. The summed E-state index contributed by atoms with van der Waals surface area (Å²) in [5, 5.41) is 36.5. The number of hydrogen-bond acceptors (Lipinski definition) is 5. The van der Waals surface area contributed by atoms with E-state index < -0.39 is 30.3 Å². The van der Waals surface area contributed by atoms with Crippen molar-refractivity contribution in [2.75, 3.05) is 6.61 Å². The summed E-state index contributed by atoms with van der Waals surface area (Å²) in [6, 6.07) is -0.569. The molecule has 0 unspecified atom stereocenters. The SMILES string of the molecule is N[C@@H]1C[C@@H](CO)[C@@H](O)[C@@H](O)[C@@H]1O. The fraction of sp³-hybridized carbons (Fsp3) is 1.00. The van der Waals surface area contributed by atoms with Gasteiger partial charge in [-0.15, -0.1) is 0 Å². The van der Waals surface area contributed by atoms with Crippen molar-refractivity contribution in [1.29, 1.82) is 0 Å². The highest BCUT2D eigenvalue weighted by molar-refractivity contribution is 4.94. The quantitative estimate of drug-likeness (QED) is 0.302. The minimum Gasteiger partial charge on any atom is -0.396 e. The van der Waals surface area contributed by atoms with Crippen LogP contribution < -0.4 is 5.73 Å². The van der Waals surface area contributed by atoms with E-state index in [0.29, 0.717) is 6.42 Å². The van der Waals surface area contributed by atoms with E-state index in [2.05, 4.69) is 0 Å². The maximum Gasteiger partial charge on any atom is 0.108 e. The van der Waals surface area contributed by atoms with Gasteiger partial charge in [-0.2, -0.15) is 0 Å². The smallest absolute Gasteiger partial charge is 0.108 e. The minimum atomic E-state index is -1.24. The van der Waals surface area contributed by atoms with E-state index in [1.807, 2.05) is 0 Å². The molecule has 1 aliphatic carbocycles. The van der Waals surface area contributed by atoms with Crippen LogP contribution in [0.4, 0.5) is 0 Å². The molecule has 0 spiro atoms. The van der Waals surface area contributed by atoms with Crippen molar-refractivity contribution in [2.24, 2.45) is 11.7 Å². The lowest BCUT2D eigenvalue weighted by molar-refractivity contribution is -0.125. The average molecular weight is 177 g/mol. The zero-order chi connectivity index (χ0) is 9.30. The van der Waals surface area contributed by atoms with E-state index in [9.17, 15) is 15.3 Å². The first-order valence-electron chi connectivity index (χ1n) is 3.98. The molecule has 5 heteroatoms. The Morgan fingerprint density at radius 3 is 2.17 bits per heavy atom. The summed E-state index contributed by atoms with van der Waals surface area (Å²) in [6.45, 7) is -0.224. The van der Waals surface area contributed by atoms with E-state index in [0.717, 1.165) is 0 Å². The second-order valence-electron chi connectivity index (χ2n) is 3.31. The maximum atomic E-state index is 9.30. The topological polar surface area (TPSA) is 107 Å². The predicted octanol–water partition coefficient (Wildman–Crippen LogP) is -2.59. The number of rotatable bonds is 1. The lowest BCUT2D eigenvalue weighted by atomic mass is 9.80. The van der Waals surface area contributed by atoms with E-state index in [1.165, 1.54) is 0 Å². The van der Waals surface area contributed by atoms with Crippen LogP contribution in [-0.2, 0) is 0 Å². The first kappa shape index (κ1) is 9.88. The third-order valence-electron chi connectivity index (χ3n) is 2.43. The molecule has 0 radical (unpaired) electrons. The monoisotopic (exact) mass is 177 g/mol. The van der Waals surface area contributed by atoms with Gasteiger partial charge in [-0.1, -0.05) is 0 Å². The molecule has 1 aliphatic rings. The lowest BCUT2D eigenvalue weighted by Gasteiger charge is -2.38. The third kappa shape index (κ3) is 1.60. The fourth-order valence-corrected chi connectivity index (χ4v) is 1.55. The summed E-state index contributed by atoms with van der Waals surface area (Å²) in [6.07, 6.45) is -3.09. The molecular formula is C7H15NO4. The molecule has 0 aromatic rings. The molecule has 0 saturated heterocycles.